The van der Waals surface area contributed by atoms with Crippen molar-refractivity contribution in [2.75, 3.05) is 26.4 Å². The van der Waals surface area contributed by atoms with E-state index in [2.05, 4.69) is 48.2 Å². The van der Waals surface area contributed by atoms with E-state index < -0.39 is 114 Å². The molecular weight excluding hydrogens is 1290 g/mol. The zero-order valence-corrected chi connectivity index (χ0v) is 62.3. The van der Waals surface area contributed by atoms with Gasteiger partial charge < -0.3 is 59.9 Å². The topological polar surface area (TPSA) is 325 Å². The monoisotopic (exact) mass is 1410 g/mol. The highest BCUT2D eigenvalue weighted by Gasteiger charge is 2.50. The van der Waals surface area contributed by atoms with Crippen LogP contribution >= 0.6 is 0 Å². The van der Waals surface area contributed by atoms with Crippen LogP contribution in [0.5, 0.6) is 11.5 Å². The number of aliphatic carboxylic acids is 2. The first-order chi connectivity index (χ1) is 47.9. The number of carbonyl (C=O) groups is 9. The van der Waals surface area contributed by atoms with Crippen molar-refractivity contribution in [3.05, 3.63) is 84.0 Å². The van der Waals surface area contributed by atoms with Crippen LogP contribution in [0.15, 0.2) is 72.8 Å². The third kappa shape index (κ3) is 41.0. The zero-order chi connectivity index (χ0) is 75.7. The maximum absolute atomic E-state index is 14.1. The lowest BCUT2D eigenvalue weighted by atomic mass is 9.82. The van der Waals surface area contributed by atoms with Gasteiger partial charge in [0.15, 0.2) is 11.2 Å². The Bertz CT molecular complexity index is 2990. The Morgan fingerprint density at radius 2 is 0.901 bits per heavy atom. The van der Waals surface area contributed by atoms with Gasteiger partial charge in [0.1, 0.15) is 59.6 Å². The maximum atomic E-state index is 14.1. The van der Waals surface area contributed by atoms with Crippen molar-refractivity contribution >= 4 is 53.2 Å². The smallest absolute Gasteiger partial charge is 0.339 e. The molecule has 21 heteroatoms. The van der Waals surface area contributed by atoms with Crippen LogP contribution in [-0.2, 0) is 70.2 Å². The number of Topliss-reactive ketones (excluding diaryl/α,β-unsaturated/α-hetero) is 2. The van der Waals surface area contributed by atoms with E-state index >= 15 is 0 Å². The molecular formula is C80H120N2O19. The second kappa shape index (κ2) is 51.3. The molecule has 21 nitrogen and oxygen atoms in total. The fourth-order valence-electron chi connectivity index (χ4n) is 10.6. The van der Waals surface area contributed by atoms with Crippen LogP contribution in [0.25, 0.3) is 0 Å². The second-order valence-corrected chi connectivity index (χ2v) is 27.5. The Kier molecular flexibility index (Phi) is 46.3. The van der Waals surface area contributed by atoms with Crippen molar-refractivity contribution in [2.45, 2.75) is 290 Å². The lowest BCUT2D eigenvalue weighted by Crippen LogP contribution is -2.56. The molecule has 0 unspecified atom stereocenters. The van der Waals surface area contributed by atoms with Gasteiger partial charge in [-0.3, -0.25) is 24.0 Å². The highest BCUT2D eigenvalue weighted by molar-refractivity contribution is 5.94. The van der Waals surface area contributed by atoms with Crippen molar-refractivity contribution in [1.82, 2.24) is 10.6 Å². The number of unbranched alkanes of at least 4 members (excludes halogenated alkanes) is 16. The Hall–Kier alpha value is -7.85. The van der Waals surface area contributed by atoms with Gasteiger partial charge in [0.25, 0.3) is 0 Å². The average Bonchev–Trinajstić information content (AvgIpc) is 0.803. The number of carboxylic acid groups (broad SMARTS) is 2. The van der Waals surface area contributed by atoms with Crippen LogP contribution in [-0.4, -0.2) is 140 Å². The summed E-state index contributed by atoms with van der Waals surface area (Å²) in [5, 5.41) is 57.9. The quantitative estimate of drug-likeness (QED) is 0.0106. The molecule has 0 saturated carbocycles. The van der Waals surface area contributed by atoms with Crippen molar-refractivity contribution in [3.8, 4) is 35.2 Å². The number of nitrogens with one attached hydrogen (secondary N) is 2. The Morgan fingerprint density at radius 1 is 0.515 bits per heavy atom. The lowest BCUT2D eigenvalue weighted by molar-refractivity contribution is -0.185. The zero-order valence-electron chi connectivity index (χ0n) is 62.3. The van der Waals surface area contributed by atoms with Crippen molar-refractivity contribution in [2.24, 2.45) is 11.8 Å². The van der Waals surface area contributed by atoms with E-state index in [0.29, 0.717) is 73.4 Å². The molecule has 2 rings (SSSR count). The highest BCUT2D eigenvalue weighted by Crippen LogP contribution is 2.30. The first-order valence-corrected chi connectivity index (χ1v) is 36.2. The van der Waals surface area contributed by atoms with Gasteiger partial charge in [-0.1, -0.05) is 151 Å². The molecule has 101 heavy (non-hydrogen) atoms. The van der Waals surface area contributed by atoms with Gasteiger partial charge in [-0.15, -0.1) is 11.8 Å². The number of ketones is 2. The summed E-state index contributed by atoms with van der Waals surface area (Å²) >= 11 is 0. The minimum atomic E-state index is -2.68. The average molecular weight is 1410 g/mol. The van der Waals surface area contributed by atoms with Crippen LogP contribution in [0.3, 0.4) is 0 Å². The molecule has 0 aliphatic heterocycles. The number of rotatable bonds is 51. The summed E-state index contributed by atoms with van der Waals surface area (Å²) < 4.78 is 27.1. The predicted molar refractivity (Wildman–Crippen MR) is 389 cm³/mol. The SMILES string of the molecule is CC#CCOc1ccc(C[C@H](NC(=O)[C@@H](/C=C/CCCCCCC(=O)CCCCCCC)[C@@](O)(CCO)C(=O)OC(C)(C)C)C(=O)OC(C)(C)C)cc1.CC#CCOc1ccc(C[C@H](NC(=O)[C@@H](/C=C/CCCCCCC(=O)CCCCCCC)[C@@](O)(CCOC(C)=O)C(=O)O)C(=O)O)cc1. The number of ether oxygens (including phenoxy) is 5. The Morgan fingerprint density at radius 3 is 1.27 bits per heavy atom. The third-order valence-corrected chi connectivity index (χ3v) is 16.3. The molecule has 0 radical (unpaired) electrons. The fourth-order valence-corrected chi connectivity index (χ4v) is 10.6. The van der Waals surface area contributed by atoms with Crippen molar-refractivity contribution in [1.29, 1.82) is 0 Å². The number of benzene rings is 2. The van der Waals surface area contributed by atoms with E-state index in [0.717, 1.165) is 84.0 Å². The molecule has 2 amide bonds. The van der Waals surface area contributed by atoms with Crippen LogP contribution in [0.1, 0.15) is 254 Å². The summed E-state index contributed by atoms with van der Waals surface area (Å²) in [4.78, 5) is 115. The summed E-state index contributed by atoms with van der Waals surface area (Å²) in [6.07, 6.45) is 26.0. The Labute approximate surface area is 601 Å². The van der Waals surface area contributed by atoms with Crippen molar-refractivity contribution < 1.29 is 92.4 Å². The fraction of sp³-hybridized carbons (Fsp3) is 0.637. The highest BCUT2D eigenvalue weighted by atomic mass is 16.6. The molecule has 0 bridgehead atoms. The third-order valence-electron chi connectivity index (χ3n) is 16.3. The van der Waals surface area contributed by atoms with Crippen LogP contribution in [0, 0.1) is 35.5 Å². The van der Waals surface area contributed by atoms with Gasteiger partial charge >= 0.3 is 29.8 Å². The van der Waals surface area contributed by atoms with E-state index in [9.17, 15) is 68.7 Å². The van der Waals surface area contributed by atoms with Crippen LogP contribution < -0.4 is 20.1 Å². The normalized spacial score (nSPS) is 13.7. The number of aliphatic hydroxyl groups excluding tert-OH is 1. The van der Waals surface area contributed by atoms with Crippen LogP contribution in [0.2, 0.25) is 0 Å². The van der Waals surface area contributed by atoms with Gasteiger partial charge in [-0.2, -0.15) is 0 Å². The molecule has 0 aliphatic carbocycles. The second-order valence-electron chi connectivity index (χ2n) is 27.5. The van der Waals surface area contributed by atoms with E-state index in [1.54, 1.807) is 116 Å². The van der Waals surface area contributed by atoms with Gasteiger partial charge in [0.2, 0.25) is 11.8 Å². The number of hydrogen-bond donors (Lipinski definition) is 7. The molecule has 7 N–H and O–H groups in total. The number of hydrogen-bond acceptors (Lipinski definition) is 17. The number of esters is 3. The number of allylic oxidation sites excluding steroid dienone is 2. The summed E-state index contributed by atoms with van der Waals surface area (Å²) in [6.45, 7) is 18.3. The first kappa shape index (κ1) is 91.2. The predicted octanol–water partition coefficient (Wildman–Crippen LogP) is 12.8. The molecule has 6 atom stereocenters. The summed E-state index contributed by atoms with van der Waals surface area (Å²) in [5.41, 5.74) is -5.68. The molecule has 2 aromatic carbocycles. The number of carboxylic acids is 2. The molecule has 2 aromatic rings. The van der Waals surface area contributed by atoms with E-state index in [1.807, 2.05) is 0 Å². The number of carbonyl (C=O) groups excluding carboxylic acids is 7. The molecule has 0 saturated heterocycles. The molecule has 564 valence electrons. The summed E-state index contributed by atoms with van der Waals surface area (Å²) in [5.74, 6) is 2.31. The van der Waals surface area contributed by atoms with Crippen molar-refractivity contribution in [3.63, 3.8) is 0 Å². The molecule has 0 fully saturated rings. The van der Waals surface area contributed by atoms with Gasteiger partial charge in [0.05, 0.1) is 18.4 Å². The summed E-state index contributed by atoms with van der Waals surface area (Å²) in [7, 11) is 0. The molecule has 0 aromatic heterocycles. The van der Waals surface area contributed by atoms with Gasteiger partial charge in [-0.05, 0) is 142 Å². The molecule has 0 heterocycles. The standard InChI is InChI=1S/C43H67NO9.C37H53NO10/c1-9-11-13-16-19-22-34(46)23-20-17-14-15-18-21-24-36(43(50,29-30-45)40(49)53-42(6,7)8)38(47)44-37(39(48)52-41(3,4)5)32-33-25-27-35(28-26-33)51-31-12-10-2;1-4-6-8-11-14-17-30(40)18-15-12-9-10-13-16-19-32(37(46,36(44)45)24-26-47-28(3)39)34(41)38-33(35(42)43)27-29-20-22-31(23-21-29)48-25-7-5-2/h21,24-28,36-37,45,50H,9,11,13-20,22-23,29-32H2,1-8H3,(H,44,47);16,19-23,32-33,46H,4,6,8-15,17-18,24-27H2,1-3H3,(H,38,41)(H,42,43)(H,44,45)/b24-21+;19-16+/t36-,37+,43+;32-,33+,37+/m11/s1. The number of amides is 2. The molecule has 0 spiro atoms. The van der Waals surface area contributed by atoms with E-state index in [-0.39, 0.29) is 31.8 Å². The maximum Gasteiger partial charge on any atom is 0.339 e. The minimum absolute atomic E-state index is 0.0539. The molecule has 0 aliphatic rings. The Balaban J connectivity index is 0.00000101. The number of aliphatic hydroxyl groups is 3. The lowest BCUT2D eigenvalue weighted by Gasteiger charge is -2.35. The first-order valence-electron chi connectivity index (χ1n) is 36.2. The van der Waals surface area contributed by atoms with Gasteiger partial charge in [-0.25, -0.2) is 19.2 Å². The van der Waals surface area contributed by atoms with E-state index in [1.165, 1.54) is 44.3 Å². The van der Waals surface area contributed by atoms with Gasteiger partial charge in [0, 0.05) is 64.9 Å². The summed E-state index contributed by atoms with van der Waals surface area (Å²) in [6, 6.07) is 11.0. The minimum Gasteiger partial charge on any atom is -0.481 e. The van der Waals surface area contributed by atoms with Crippen LogP contribution in [0.4, 0.5) is 0 Å². The largest absolute Gasteiger partial charge is 0.481 e. The van der Waals surface area contributed by atoms with E-state index in [4.69, 9.17) is 23.7 Å².